The first-order chi connectivity index (χ1) is 9.19. The number of nitrogens with zero attached hydrogens (tertiary/aromatic N) is 1. The molecular formula is C15H17NO2S. The fourth-order valence-electron chi connectivity index (χ4n) is 1.98. The van der Waals surface area contributed by atoms with Gasteiger partial charge in [0.1, 0.15) is 5.75 Å². The molecule has 0 aromatic heterocycles. The molecule has 1 aliphatic rings. The summed E-state index contributed by atoms with van der Waals surface area (Å²) in [5.74, 6) is 0.849. The van der Waals surface area contributed by atoms with Gasteiger partial charge in [0.15, 0.2) is 5.78 Å². The molecule has 0 aliphatic carbocycles. The van der Waals surface area contributed by atoms with E-state index in [-0.39, 0.29) is 5.78 Å². The Morgan fingerprint density at radius 2 is 2.26 bits per heavy atom. The molecule has 0 unspecified atom stereocenters. The number of carbonyl (C=O) groups excluding carboxylic acids is 1. The highest BCUT2D eigenvalue weighted by atomic mass is 32.2. The lowest BCUT2D eigenvalue weighted by Gasteiger charge is -2.18. The molecule has 0 fully saturated rings. The smallest absolute Gasteiger partial charge is 0.180 e. The second-order valence-corrected chi connectivity index (χ2v) is 5.13. The van der Waals surface area contributed by atoms with E-state index >= 15 is 0 Å². The molecule has 3 nitrogen and oxygen atoms in total. The van der Waals surface area contributed by atoms with Crippen LogP contribution in [0.5, 0.6) is 5.75 Å². The van der Waals surface area contributed by atoms with Crippen molar-refractivity contribution < 1.29 is 9.53 Å². The zero-order valence-electron chi connectivity index (χ0n) is 11.3. The minimum absolute atomic E-state index is 0.0169. The van der Waals surface area contributed by atoms with Gasteiger partial charge in [0.2, 0.25) is 0 Å². The van der Waals surface area contributed by atoms with Crippen molar-refractivity contribution in [3.63, 3.8) is 0 Å². The second kappa shape index (κ2) is 5.97. The van der Waals surface area contributed by atoms with Crippen molar-refractivity contribution in [1.82, 2.24) is 0 Å². The van der Waals surface area contributed by atoms with Crippen molar-refractivity contribution in [2.24, 2.45) is 0 Å². The summed E-state index contributed by atoms with van der Waals surface area (Å²) in [5, 5.41) is 0.967. The van der Waals surface area contributed by atoms with Gasteiger partial charge in [0.25, 0.3) is 0 Å². The van der Waals surface area contributed by atoms with Crippen LogP contribution in [0.1, 0.15) is 13.8 Å². The Morgan fingerprint density at radius 1 is 1.47 bits per heavy atom. The number of hydrogen-bond acceptors (Lipinski definition) is 4. The first-order valence-electron chi connectivity index (χ1n) is 6.21. The zero-order chi connectivity index (χ0) is 13.8. The maximum absolute atomic E-state index is 11.7. The Kier molecular flexibility index (Phi) is 4.32. The highest BCUT2D eigenvalue weighted by Gasteiger charge is 2.24. The van der Waals surface area contributed by atoms with Gasteiger partial charge in [0, 0.05) is 23.6 Å². The number of methoxy groups -OCH3 is 1. The largest absolute Gasteiger partial charge is 0.497 e. The van der Waals surface area contributed by atoms with Crippen LogP contribution in [0.2, 0.25) is 0 Å². The van der Waals surface area contributed by atoms with E-state index in [4.69, 9.17) is 4.74 Å². The third-order valence-corrected chi connectivity index (χ3v) is 3.96. The highest BCUT2D eigenvalue weighted by molar-refractivity contribution is 8.03. The van der Waals surface area contributed by atoms with E-state index < -0.39 is 0 Å². The lowest BCUT2D eigenvalue weighted by Crippen LogP contribution is -2.17. The number of fused-ring (bicyclic) bond motifs is 1. The van der Waals surface area contributed by atoms with Gasteiger partial charge in [-0.2, -0.15) is 0 Å². The molecule has 1 aliphatic heterocycles. The minimum atomic E-state index is 0.0169. The molecule has 0 amide bonds. The molecule has 1 heterocycles. The molecule has 0 saturated carbocycles. The van der Waals surface area contributed by atoms with E-state index in [2.05, 4.69) is 11.8 Å². The monoisotopic (exact) mass is 275 g/mol. The van der Waals surface area contributed by atoms with Crippen molar-refractivity contribution in [3.05, 3.63) is 41.5 Å². The van der Waals surface area contributed by atoms with Gasteiger partial charge in [0.05, 0.1) is 17.8 Å². The number of anilines is 1. The summed E-state index contributed by atoms with van der Waals surface area (Å²) < 4.78 is 5.25. The number of ketones is 1. The van der Waals surface area contributed by atoms with Crippen molar-refractivity contribution in [3.8, 4) is 5.75 Å². The summed E-state index contributed by atoms with van der Waals surface area (Å²) in [6.45, 7) is 4.74. The van der Waals surface area contributed by atoms with Gasteiger partial charge in [-0.1, -0.05) is 17.8 Å². The van der Waals surface area contributed by atoms with E-state index in [1.54, 1.807) is 37.1 Å². The SMILES string of the molecule is C/C=C/C(=O)/C=C1\Sc2ccc(OC)cc2N1CC. The summed E-state index contributed by atoms with van der Waals surface area (Å²) in [6, 6.07) is 5.98. The number of hydrogen-bond donors (Lipinski definition) is 0. The predicted octanol–water partition coefficient (Wildman–Crippen LogP) is 3.61. The Hall–Kier alpha value is -1.68. The van der Waals surface area contributed by atoms with Crippen molar-refractivity contribution in [2.45, 2.75) is 18.7 Å². The summed E-state index contributed by atoms with van der Waals surface area (Å²) in [4.78, 5) is 15.0. The topological polar surface area (TPSA) is 29.5 Å². The molecule has 1 aromatic rings. The molecule has 1 aromatic carbocycles. The van der Waals surface area contributed by atoms with Gasteiger partial charge >= 0.3 is 0 Å². The number of thioether (sulfide) groups is 1. The normalized spacial score (nSPS) is 16.2. The molecule has 0 atom stereocenters. The van der Waals surface area contributed by atoms with Gasteiger partial charge in [-0.25, -0.2) is 0 Å². The van der Waals surface area contributed by atoms with E-state index in [0.717, 1.165) is 27.9 Å². The standard InChI is InChI=1S/C15H17NO2S/c1-4-6-11(17)9-15-16(5-2)13-10-12(18-3)7-8-14(13)19-15/h4,6-10H,5H2,1-3H3/b6-4+,15-9-. The lowest BCUT2D eigenvalue weighted by atomic mass is 10.2. The van der Waals surface area contributed by atoms with Gasteiger partial charge < -0.3 is 9.64 Å². The quantitative estimate of drug-likeness (QED) is 0.785. The number of ether oxygens (including phenoxy) is 1. The van der Waals surface area contributed by atoms with Gasteiger partial charge in [-0.05, 0) is 32.1 Å². The van der Waals surface area contributed by atoms with Crippen LogP contribution in [0, 0.1) is 0 Å². The molecule has 100 valence electrons. The molecule has 0 bridgehead atoms. The average Bonchev–Trinajstić information content (AvgIpc) is 2.74. The fraction of sp³-hybridized carbons (Fsp3) is 0.267. The first kappa shape index (κ1) is 13.7. The van der Waals surface area contributed by atoms with Crippen LogP contribution in [0.4, 0.5) is 5.69 Å². The van der Waals surface area contributed by atoms with Crippen LogP contribution in [-0.4, -0.2) is 19.4 Å². The highest BCUT2D eigenvalue weighted by Crippen LogP contribution is 2.47. The van der Waals surface area contributed by atoms with Crippen molar-refractivity contribution in [2.75, 3.05) is 18.6 Å². The van der Waals surface area contributed by atoms with Crippen LogP contribution in [0.3, 0.4) is 0 Å². The summed E-state index contributed by atoms with van der Waals surface area (Å²) in [5.41, 5.74) is 1.10. The van der Waals surface area contributed by atoms with Crippen LogP contribution < -0.4 is 9.64 Å². The van der Waals surface area contributed by atoms with E-state index in [1.165, 1.54) is 0 Å². The zero-order valence-corrected chi connectivity index (χ0v) is 12.2. The molecule has 0 spiro atoms. The third-order valence-electron chi connectivity index (χ3n) is 2.85. The minimum Gasteiger partial charge on any atom is -0.497 e. The number of carbonyl (C=O) groups is 1. The molecule has 19 heavy (non-hydrogen) atoms. The molecule has 0 N–H and O–H groups in total. The van der Waals surface area contributed by atoms with Gasteiger partial charge in [-0.15, -0.1) is 0 Å². The molecule has 2 rings (SSSR count). The summed E-state index contributed by atoms with van der Waals surface area (Å²) >= 11 is 1.62. The van der Waals surface area contributed by atoms with Crippen molar-refractivity contribution >= 4 is 23.2 Å². The Bertz CT molecular complexity index is 549. The lowest BCUT2D eigenvalue weighted by molar-refractivity contribution is -0.110. The maximum atomic E-state index is 11.7. The van der Waals surface area contributed by atoms with E-state index in [0.29, 0.717) is 0 Å². The number of allylic oxidation sites excluding steroid dienone is 3. The molecule has 0 saturated heterocycles. The number of rotatable bonds is 4. The maximum Gasteiger partial charge on any atom is 0.180 e. The predicted molar refractivity (Wildman–Crippen MR) is 79.8 cm³/mol. The third kappa shape index (κ3) is 2.84. The molecule has 4 heteroatoms. The van der Waals surface area contributed by atoms with Crippen molar-refractivity contribution in [1.29, 1.82) is 0 Å². The molecular weight excluding hydrogens is 258 g/mol. The fourth-order valence-corrected chi connectivity index (χ4v) is 3.12. The average molecular weight is 275 g/mol. The Balaban J connectivity index is 2.35. The van der Waals surface area contributed by atoms with E-state index in [9.17, 15) is 4.79 Å². The first-order valence-corrected chi connectivity index (χ1v) is 7.03. The molecule has 0 radical (unpaired) electrons. The van der Waals surface area contributed by atoms with Crippen LogP contribution >= 0.6 is 11.8 Å². The van der Waals surface area contributed by atoms with Crippen LogP contribution in [0.15, 0.2) is 46.4 Å². The summed E-state index contributed by atoms with van der Waals surface area (Å²) in [7, 11) is 1.66. The van der Waals surface area contributed by atoms with E-state index in [1.807, 2.05) is 25.1 Å². The van der Waals surface area contributed by atoms with Crippen LogP contribution in [0.25, 0.3) is 0 Å². The Morgan fingerprint density at radius 3 is 2.89 bits per heavy atom. The van der Waals surface area contributed by atoms with Gasteiger partial charge in [-0.3, -0.25) is 4.79 Å². The summed E-state index contributed by atoms with van der Waals surface area (Å²) in [6.07, 6.45) is 5.01. The number of benzene rings is 1. The second-order valence-electron chi connectivity index (χ2n) is 4.06. The van der Waals surface area contributed by atoms with Crippen LogP contribution in [-0.2, 0) is 4.79 Å². The Labute approximate surface area is 117 Å².